The van der Waals surface area contributed by atoms with Gasteiger partial charge in [-0.1, -0.05) is 49.6 Å². The lowest BCUT2D eigenvalue weighted by Crippen LogP contribution is -2.30. The molecule has 0 bridgehead atoms. The van der Waals surface area contributed by atoms with Gasteiger partial charge in [0, 0.05) is 23.7 Å². The second kappa shape index (κ2) is 7.04. The largest absolute Gasteiger partial charge is 0.507 e. The second-order valence-electron chi connectivity index (χ2n) is 6.82. The molecule has 0 heterocycles. The molecule has 1 saturated carbocycles. The van der Waals surface area contributed by atoms with Gasteiger partial charge in [0.05, 0.1) is 6.42 Å². The number of benzene rings is 2. The quantitative estimate of drug-likeness (QED) is 0.801. The molecule has 4 heteroatoms. The van der Waals surface area contributed by atoms with E-state index in [1.54, 1.807) is 12.3 Å². The fourth-order valence-electron chi connectivity index (χ4n) is 3.76. The molecule has 0 atom stereocenters. The van der Waals surface area contributed by atoms with Gasteiger partial charge in [0.2, 0.25) is 0 Å². The maximum Gasteiger partial charge on any atom is 0.303 e. The molecule has 0 aliphatic heterocycles. The summed E-state index contributed by atoms with van der Waals surface area (Å²) in [6.07, 6.45) is 7.03. The molecule has 2 aromatic rings. The molecule has 24 heavy (non-hydrogen) atoms. The van der Waals surface area contributed by atoms with E-state index in [0.29, 0.717) is 12.1 Å². The van der Waals surface area contributed by atoms with Gasteiger partial charge in [-0.25, -0.2) is 0 Å². The predicted octanol–water partition coefficient (Wildman–Crippen LogP) is 4.39. The Kier molecular flexibility index (Phi) is 4.84. The standard InChI is InChI=1S/C20H23NO3/c22-18-9-8-15-6-2-3-7-16(15)17(18)13-21-14-20(12-19(23)24)10-4-1-5-11-20/h2-3,6-9,13,22H,1,4-5,10-12,14H2,(H,23,24). The van der Waals surface area contributed by atoms with Crippen LogP contribution in [0.4, 0.5) is 0 Å². The Labute approximate surface area is 141 Å². The zero-order chi connectivity index (χ0) is 17.0. The van der Waals surface area contributed by atoms with Crippen LogP contribution >= 0.6 is 0 Å². The zero-order valence-electron chi connectivity index (χ0n) is 13.7. The predicted molar refractivity (Wildman–Crippen MR) is 95.8 cm³/mol. The van der Waals surface area contributed by atoms with Crippen molar-refractivity contribution < 1.29 is 15.0 Å². The number of aromatic hydroxyl groups is 1. The molecule has 1 fully saturated rings. The number of hydrogen-bond donors (Lipinski definition) is 2. The number of phenols is 1. The molecule has 0 spiro atoms. The molecule has 0 amide bonds. The van der Waals surface area contributed by atoms with Gasteiger partial charge in [-0.3, -0.25) is 9.79 Å². The van der Waals surface area contributed by atoms with Crippen molar-refractivity contribution in [3.63, 3.8) is 0 Å². The number of hydrogen-bond acceptors (Lipinski definition) is 3. The highest BCUT2D eigenvalue weighted by atomic mass is 16.4. The first-order valence-electron chi connectivity index (χ1n) is 8.52. The van der Waals surface area contributed by atoms with Gasteiger partial charge in [-0.15, -0.1) is 0 Å². The van der Waals surface area contributed by atoms with Crippen LogP contribution in [-0.4, -0.2) is 28.9 Å². The van der Waals surface area contributed by atoms with E-state index in [1.165, 1.54) is 6.42 Å². The number of rotatable bonds is 5. The van der Waals surface area contributed by atoms with Gasteiger partial charge >= 0.3 is 5.97 Å². The fraction of sp³-hybridized carbons (Fsp3) is 0.400. The molecule has 1 aliphatic rings. The fourth-order valence-corrected chi connectivity index (χ4v) is 3.76. The highest BCUT2D eigenvalue weighted by Crippen LogP contribution is 2.39. The molecule has 2 N–H and O–H groups in total. The van der Waals surface area contributed by atoms with Crippen molar-refractivity contribution in [2.75, 3.05) is 6.54 Å². The van der Waals surface area contributed by atoms with E-state index >= 15 is 0 Å². The number of carboxylic acids is 1. The first kappa shape index (κ1) is 16.5. The molecule has 4 nitrogen and oxygen atoms in total. The minimum Gasteiger partial charge on any atom is -0.507 e. The lowest BCUT2D eigenvalue weighted by atomic mass is 9.72. The van der Waals surface area contributed by atoms with Gasteiger partial charge in [0.25, 0.3) is 0 Å². The van der Waals surface area contributed by atoms with Crippen molar-refractivity contribution in [3.8, 4) is 5.75 Å². The van der Waals surface area contributed by atoms with E-state index in [-0.39, 0.29) is 17.6 Å². The molecule has 1 aliphatic carbocycles. The molecule has 126 valence electrons. The van der Waals surface area contributed by atoms with Crippen LogP contribution in [0.2, 0.25) is 0 Å². The van der Waals surface area contributed by atoms with Gasteiger partial charge in [-0.05, 0) is 29.7 Å². The summed E-state index contributed by atoms with van der Waals surface area (Å²) in [7, 11) is 0. The van der Waals surface area contributed by atoms with Crippen molar-refractivity contribution in [2.24, 2.45) is 10.4 Å². The van der Waals surface area contributed by atoms with Crippen molar-refractivity contribution in [1.29, 1.82) is 0 Å². The van der Waals surface area contributed by atoms with Crippen molar-refractivity contribution in [1.82, 2.24) is 0 Å². The van der Waals surface area contributed by atoms with Gasteiger partial charge in [-0.2, -0.15) is 0 Å². The van der Waals surface area contributed by atoms with Crippen LogP contribution < -0.4 is 0 Å². The smallest absolute Gasteiger partial charge is 0.303 e. The normalized spacial score (nSPS) is 17.3. The third-order valence-electron chi connectivity index (χ3n) is 5.04. The van der Waals surface area contributed by atoms with Crippen LogP contribution in [0.3, 0.4) is 0 Å². The number of phenolic OH excluding ortho intramolecular Hbond substituents is 1. The van der Waals surface area contributed by atoms with Gasteiger partial charge < -0.3 is 10.2 Å². The van der Waals surface area contributed by atoms with Crippen LogP contribution in [0.5, 0.6) is 5.75 Å². The van der Waals surface area contributed by atoms with Gasteiger partial charge in [0.15, 0.2) is 0 Å². The third-order valence-corrected chi connectivity index (χ3v) is 5.04. The van der Waals surface area contributed by atoms with E-state index in [1.807, 2.05) is 30.3 Å². The lowest BCUT2D eigenvalue weighted by molar-refractivity contribution is -0.140. The summed E-state index contributed by atoms with van der Waals surface area (Å²) in [5, 5.41) is 21.4. The highest BCUT2D eigenvalue weighted by Gasteiger charge is 2.34. The van der Waals surface area contributed by atoms with Crippen LogP contribution in [0.1, 0.15) is 44.1 Å². The number of nitrogens with zero attached hydrogens (tertiary/aromatic N) is 1. The Morgan fingerprint density at radius 2 is 1.88 bits per heavy atom. The van der Waals surface area contributed by atoms with Crippen LogP contribution in [-0.2, 0) is 4.79 Å². The summed E-state index contributed by atoms with van der Waals surface area (Å²) in [5.41, 5.74) is 0.468. The number of carbonyl (C=O) groups is 1. The van der Waals surface area contributed by atoms with Crippen molar-refractivity contribution in [2.45, 2.75) is 38.5 Å². The maximum atomic E-state index is 11.2. The van der Waals surface area contributed by atoms with Crippen LogP contribution in [0.25, 0.3) is 10.8 Å². The SMILES string of the molecule is O=C(O)CC1(CN=Cc2c(O)ccc3ccccc23)CCCCC1. The van der Waals surface area contributed by atoms with E-state index in [9.17, 15) is 15.0 Å². The van der Waals surface area contributed by atoms with Crippen molar-refractivity contribution >= 4 is 23.0 Å². The number of carboxylic acid groups (broad SMARTS) is 1. The molecule has 0 saturated heterocycles. The molecule has 0 radical (unpaired) electrons. The number of aliphatic imine (C=N–C) groups is 1. The van der Waals surface area contributed by atoms with Crippen molar-refractivity contribution in [3.05, 3.63) is 42.0 Å². The van der Waals surface area contributed by atoms with Gasteiger partial charge in [0.1, 0.15) is 5.75 Å². The molecular formula is C20H23NO3. The molecule has 0 unspecified atom stereocenters. The average Bonchev–Trinajstić information content (AvgIpc) is 2.57. The minimum absolute atomic E-state index is 0.172. The number of aliphatic carboxylic acids is 1. The Morgan fingerprint density at radius 3 is 2.62 bits per heavy atom. The Balaban J connectivity index is 1.85. The summed E-state index contributed by atoms with van der Waals surface area (Å²) in [6.45, 7) is 0.502. The second-order valence-corrected chi connectivity index (χ2v) is 6.82. The third kappa shape index (κ3) is 3.58. The molecule has 3 rings (SSSR count). The monoisotopic (exact) mass is 325 g/mol. The first-order chi connectivity index (χ1) is 11.6. The lowest BCUT2D eigenvalue weighted by Gasteiger charge is -2.34. The first-order valence-corrected chi connectivity index (χ1v) is 8.52. The zero-order valence-corrected chi connectivity index (χ0v) is 13.7. The summed E-state index contributed by atoms with van der Waals surface area (Å²) in [4.78, 5) is 15.8. The molecular weight excluding hydrogens is 302 g/mol. The molecule has 0 aromatic heterocycles. The Bertz CT molecular complexity index is 761. The molecule has 2 aromatic carbocycles. The van der Waals surface area contributed by atoms with E-state index < -0.39 is 5.97 Å². The van der Waals surface area contributed by atoms with Crippen LogP contribution in [0.15, 0.2) is 41.4 Å². The van der Waals surface area contributed by atoms with E-state index in [2.05, 4.69) is 4.99 Å². The number of fused-ring (bicyclic) bond motifs is 1. The summed E-state index contributed by atoms with van der Waals surface area (Å²) in [5.74, 6) is -0.548. The highest BCUT2D eigenvalue weighted by molar-refractivity contribution is 6.02. The Hall–Kier alpha value is -2.36. The maximum absolute atomic E-state index is 11.2. The Morgan fingerprint density at radius 1 is 1.12 bits per heavy atom. The van der Waals surface area contributed by atoms with Crippen LogP contribution in [0, 0.1) is 5.41 Å². The summed E-state index contributed by atoms with van der Waals surface area (Å²) >= 11 is 0. The average molecular weight is 325 g/mol. The minimum atomic E-state index is -0.750. The van der Waals surface area contributed by atoms with E-state index in [0.717, 1.165) is 36.5 Å². The summed E-state index contributed by atoms with van der Waals surface area (Å²) < 4.78 is 0. The summed E-state index contributed by atoms with van der Waals surface area (Å²) in [6, 6.07) is 11.4. The van der Waals surface area contributed by atoms with E-state index in [4.69, 9.17) is 0 Å². The topological polar surface area (TPSA) is 69.9 Å².